The van der Waals surface area contributed by atoms with Crippen LogP contribution in [-0.2, 0) is 0 Å². The van der Waals surface area contributed by atoms with E-state index in [9.17, 15) is 9.59 Å². The van der Waals surface area contributed by atoms with E-state index in [4.69, 9.17) is 44.3 Å². The number of allylic oxidation sites excluding steroid dienone is 1. The Morgan fingerprint density at radius 2 is 1.70 bits per heavy atom. The Labute approximate surface area is 187 Å². The standard InChI is InChI=1S/C23H13Cl3O4/c1-12-8-15(29-23(28)13-4-2-5-14(24)9-13)10-19-21(12)22(27)20(30-19)11-16-17(25)6-3-7-18(16)26/h2-11H,1H3/b20-11-. The van der Waals surface area contributed by atoms with Crippen molar-refractivity contribution in [1.82, 2.24) is 0 Å². The van der Waals surface area contributed by atoms with Crippen molar-refractivity contribution >= 4 is 52.6 Å². The first-order chi connectivity index (χ1) is 14.3. The van der Waals surface area contributed by atoms with Crippen LogP contribution in [0.5, 0.6) is 11.5 Å². The molecule has 0 amide bonds. The Morgan fingerprint density at radius 1 is 1.00 bits per heavy atom. The van der Waals surface area contributed by atoms with Gasteiger partial charge in [0.2, 0.25) is 5.78 Å². The second-order valence-electron chi connectivity index (χ2n) is 6.59. The van der Waals surface area contributed by atoms with Gasteiger partial charge in [0, 0.05) is 26.7 Å². The Balaban J connectivity index is 1.64. The Morgan fingerprint density at radius 3 is 2.40 bits per heavy atom. The molecule has 0 fully saturated rings. The molecule has 150 valence electrons. The lowest BCUT2D eigenvalue weighted by Gasteiger charge is -2.08. The predicted molar refractivity (Wildman–Crippen MR) is 117 cm³/mol. The third-order valence-electron chi connectivity index (χ3n) is 4.49. The first kappa shape index (κ1) is 20.5. The predicted octanol–water partition coefficient (Wildman–Crippen LogP) is 6.79. The molecule has 3 aromatic carbocycles. The Bertz CT molecular complexity index is 1210. The summed E-state index contributed by atoms with van der Waals surface area (Å²) in [4.78, 5) is 25.2. The molecular formula is C23H13Cl3O4. The van der Waals surface area contributed by atoms with Gasteiger partial charge in [0.05, 0.1) is 11.1 Å². The number of Topliss-reactive ketones (excluding diaryl/α,β-unsaturated/α-hetero) is 1. The number of esters is 1. The summed E-state index contributed by atoms with van der Waals surface area (Å²) >= 11 is 18.3. The second kappa shape index (κ2) is 8.15. The highest BCUT2D eigenvalue weighted by Crippen LogP contribution is 2.39. The van der Waals surface area contributed by atoms with Crippen LogP contribution < -0.4 is 9.47 Å². The van der Waals surface area contributed by atoms with Gasteiger partial charge >= 0.3 is 5.97 Å². The van der Waals surface area contributed by atoms with Crippen molar-refractivity contribution in [3.63, 3.8) is 0 Å². The van der Waals surface area contributed by atoms with Gasteiger partial charge in [-0.1, -0.05) is 46.9 Å². The van der Waals surface area contributed by atoms with Crippen molar-refractivity contribution in [2.45, 2.75) is 6.92 Å². The summed E-state index contributed by atoms with van der Waals surface area (Å²) < 4.78 is 11.2. The van der Waals surface area contributed by atoms with E-state index in [2.05, 4.69) is 0 Å². The molecule has 0 aliphatic carbocycles. The van der Waals surface area contributed by atoms with Crippen LogP contribution >= 0.6 is 34.8 Å². The topological polar surface area (TPSA) is 52.6 Å². The van der Waals surface area contributed by atoms with Gasteiger partial charge in [-0.25, -0.2) is 4.79 Å². The number of aryl methyl sites for hydroxylation is 1. The number of hydrogen-bond acceptors (Lipinski definition) is 4. The molecule has 0 saturated carbocycles. The molecule has 0 atom stereocenters. The molecule has 0 aromatic heterocycles. The average Bonchev–Trinajstić information content (AvgIpc) is 3.00. The van der Waals surface area contributed by atoms with Crippen LogP contribution in [0.1, 0.15) is 31.8 Å². The minimum absolute atomic E-state index is 0.0846. The van der Waals surface area contributed by atoms with Gasteiger partial charge in [0.15, 0.2) is 5.76 Å². The fourth-order valence-corrected chi connectivity index (χ4v) is 3.79. The maximum atomic E-state index is 12.8. The number of halogens is 3. The fourth-order valence-electron chi connectivity index (χ4n) is 3.10. The molecule has 0 unspecified atom stereocenters. The minimum Gasteiger partial charge on any atom is -0.452 e. The highest BCUT2D eigenvalue weighted by atomic mass is 35.5. The highest BCUT2D eigenvalue weighted by molar-refractivity contribution is 6.37. The minimum atomic E-state index is -0.570. The maximum Gasteiger partial charge on any atom is 0.343 e. The lowest BCUT2D eigenvalue weighted by atomic mass is 10.0. The fraction of sp³-hybridized carbons (Fsp3) is 0.0435. The van der Waals surface area contributed by atoms with Crippen molar-refractivity contribution in [1.29, 1.82) is 0 Å². The number of ketones is 1. The monoisotopic (exact) mass is 458 g/mol. The SMILES string of the molecule is Cc1cc(OC(=O)c2cccc(Cl)c2)cc2c1C(=O)/C(=C/c1c(Cl)cccc1Cl)O2. The van der Waals surface area contributed by atoms with E-state index in [0.29, 0.717) is 43.1 Å². The quantitative estimate of drug-likeness (QED) is 0.246. The Kier molecular flexibility index (Phi) is 5.56. The van der Waals surface area contributed by atoms with E-state index < -0.39 is 5.97 Å². The lowest BCUT2D eigenvalue weighted by molar-refractivity contribution is 0.0734. The summed E-state index contributed by atoms with van der Waals surface area (Å²) in [6.07, 6.45) is 1.50. The first-order valence-electron chi connectivity index (χ1n) is 8.84. The smallest absolute Gasteiger partial charge is 0.343 e. The summed E-state index contributed by atoms with van der Waals surface area (Å²) in [6.45, 7) is 1.74. The van der Waals surface area contributed by atoms with Gasteiger partial charge < -0.3 is 9.47 Å². The van der Waals surface area contributed by atoms with Crippen LogP contribution in [0.3, 0.4) is 0 Å². The van der Waals surface area contributed by atoms with Gasteiger partial charge in [-0.2, -0.15) is 0 Å². The zero-order valence-electron chi connectivity index (χ0n) is 15.5. The number of benzene rings is 3. The number of rotatable bonds is 3. The van der Waals surface area contributed by atoms with Crippen molar-refractivity contribution in [2.24, 2.45) is 0 Å². The summed E-state index contributed by atoms with van der Waals surface area (Å²) in [7, 11) is 0. The number of carbonyl (C=O) groups excluding carboxylic acids is 2. The molecule has 0 spiro atoms. The van der Waals surface area contributed by atoms with Crippen LogP contribution in [0.15, 0.2) is 60.4 Å². The van der Waals surface area contributed by atoms with Gasteiger partial charge in [0.1, 0.15) is 11.5 Å². The third-order valence-corrected chi connectivity index (χ3v) is 5.38. The second-order valence-corrected chi connectivity index (χ2v) is 7.84. The highest BCUT2D eigenvalue weighted by Gasteiger charge is 2.30. The van der Waals surface area contributed by atoms with Gasteiger partial charge in [-0.3, -0.25) is 4.79 Å². The van der Waals surface area contributed by atoms with Crippen molar-refractivity contribution in [2.75, 3.05) is 0 Å². The van der Waals surface area contributed by atoms with E-state index in [1.165, 1.54) is 18.2 Å². The molecule has 0 N–H and O–H groups in total. The third kappa shape index (κ3) is 3.94. The molecule has 1 aliphatic rings. The van der Waals surface area contributed by atoms with E-state index in [1.807, 2.05) is 0 Å². The summed E-state index contributed by atoms with van der Waals surface area (Å²) in [6, 6.07) is 14.6. The molecule has 7 heteroatoms. The molecule has 1 aliphatic heterocycles. The van der Waals surface area contributed by atoms with E-state index >= 15 is 0 Å². The van der Waals surface area contributed by atoms with Gasteiger partial charge in [-0.05, 0) is 55.0 Å². The van der Waals surface area contributed by atoms with Crippen LogP contribution in [0.4, 0.5) is 0 Å². The average molecular weight is 460 g/mol. The molecule has 4 rings (SSSR count). The molecule has 1 heterocycles. The molecule has 4 nitrogen and oxygen atoms in total. The number of ether oxygens (including phenoxy) is 2. The van der Waals surface area contributed by atoms with Crippen LogP contribution in [0.25, 0.3) is 6.08 Å². The first-order valence-corrected chi connectivity index (χ1v) is 9.97. The van der Waals surface area contributed by atoms with Gasteiger partial charge in [-0.15, -0.1) is 0 Å². The van der Waals surface area contributed by atoms with Gasteiger partial charge in [0.25, 0.3) is 0 Å². The Hall–Kier alpha value is -2.79. The molecule has 3 aromatic rings. The summed E-state index contributed by atoms with van der Waals surface area (Å²) in [5.74, 6) is -0.239. The summed E-state index contributed by atoms with van der Waals surface area (Å²) in [5, 5.41) is 1.22. The van der Waals surface area contributed by atoms with Crippen LogP contribution in [0.2, 0.25) is 15.1 Å². The zero-order chi connectivity index (χ0) is 21.4. The number of fused-ring (bicyclic) bond motifs is 1. The molecular weight excluding hydrogens is 447 g/mol. The largest absolute Gasteiger partial charge is 0.452 e. The van der Waals surface area contributed by atoms with E-state index in [0.717, 1.165) is 0 Å². The summed E-state index contributed by atoms with van der Waals surface area (Å²) in [5.41, 5.74) is 1.81. The number of hydrogen-bond donors (Lipinski definition) is 0. The molecule has 0 radical (unpaired) electrons. The van der Waals surface area contributed by atoms with E-state index in [-0.39, 0.29) is 17.3 Å². The van der Waals surface area contributed by atoms with Crippen LogP contribution in [0, 0.1) is 6.92 Å². The van der Waals surface area contributed by atoms with Crippen molar-refractivity contribution < 1.29 is 19.1 Å². The normalized spacial score (nSPS) is 13.9. The van der Waals surface area contributed by atoms with E-state index in [1.54, 1.807) is 49.4 Å². The molecule has 0 bridgehead atoms. The maximum absolute atomic E-state index is 12.8. The zero-order valence-corrected chi connectivity index (χ0v) is 17.8. The molecule has 30 heavy (non-hydrogen) atoms. The lowest BCUT2D eigenvalue weighted by Crippen LogP contribution is -2.08. The number of carbonyl (C=O) groups is 2. The molecule has 0 saturated heterocycles. The van der Waals surface area contributed by atoms with Crippen molar-refractivity contribution in [3.8, 4) is 11.5 Å². The van der Waals surface area contributed by atoms with Crippen LogP contribution in [-0.4, -0.2) is 11.8 Å². The van der Waals surface area contributed by atoms with Crippen molar-refractivity contribution in [3.05, 3.63) is 97.7 Å².